The number of nitrogens with zero attached hydrogens (tertiary/aromatic N) is 4. The zero-order valence-electron chi connectivity index (χ0n) is 16.7. The fraction of sp³-hybridized carbons (Fsp3) is 0.333. The molecular formula is C21H23ClN6O2. The summed E-state index contributed by atoms with van der Waals surface area (Å²) in [5.74, 6) is 0.0404. The van der Waals surface area contributed by atoms with Crippen molar-refractivity contribution >= 4 is 40.3 Å². The minimum Gasteiger partial charge on any atom is -0.339 e. The van der Waals surface area contributed by atoms with Crippen LogP contribution in [0.5, 0.6) is 0 Å². The summed E-state index contributed by atoms with van der Waals surface area (Å²) < 4.78 is 1.71. The van der Waals surface area contributed by atoms with E-state index >= 15 is 0 Å². The van der Waals surface area contributed by atoms with Gasteiger partial charge in [0.15, 0.2) is 0 Å². The Kier molecular flexibility index (Phi) is 5.85. The van der Waals surface area contributed by atoms with Crippen LogP contribution in [0.2, 0.25) is 5.02 Å². The standard InChI is InChI=1S/C21H23ClN6O2/c1-14-16(22)5-4-6-17(14)24-21(30)23-9-12-28-19-8-7-15(13-18(19)25-26-28)20(29)27-10-2-3-11-27/h4-8,13H,2-3,9-12H2,1H3,(H2,23,24,30). The number of rotatable bonds is 5. The number of fused-ring (bicyclic) bond motifs is 1. The van der Waals surface area contributed by atoms with Gasteiger partial charge < -0.3 is 15.5 Å². The summed E-state index contributed by atoms with van der Waals surface area (Å²) in [6.07, 6.45) is 2.11. The number of benzene rings is 2. The van der Waals surface area contributed by atoms with Crippen LogP contribution in [-0.2, 0) is 6.54 Å². The number of nitrogens with one attached hydrogen (secondary N) is 2. The second-order valence-corrected chi connectivity index (χ2v) is 7.72. The molecule has 0 spiro atoms. The number of carbonyl (C=O) groups excluding carboxylic acids is 2. The molecule has 2 heterocycles. The molecule has 0 saturated carbocycles. The summed E-state index contributed by atoms with van der Waals surface area (Å²) in [5.41, 5.74) is 3.60. The number of aromatic nitrogens is 3. The summed E-state index contributed by atoms with van der Waals surface area (Å²) in [6, 6.07) is 10.5. The second-order valence-electron chi connectivity index (χ2n) is 7.31. The maximum atomic E-state index is 12.5. The summed E-state index contributed by atoms with van der Waals surface area (Å²) in [6.45, 7) is 4.30. The zero-order valence-corrected chi connectivity index (χ0v) is 17.4. The number of carbonyl (C=O) groups is 2. The fourth-order valence-electron chi connectivity index (χ4n) is 3.56. The van der Waals surface area contributed by atoms with E-state index in [0.29, 0.717) is 34.9 Å². The minimum absolute atomic E-state index is 0.0404. The summed E-state index contributed by atoms with van der Waals surface area (Å²) >= 11 is 6.08. The van der Waals surface area contributed by atoms with Crippen molar-refractivity contribution in [2.24, 2.45) is 0 Å². The molecule has 30 heavy (non-hydrogen) atoms. The van der Waals surface area contributed by atoms with Crippen LogP contribution in [0.3, 0.4) is 0 Å². The van der Waals surface area contributed by atoms with E-state index in [2.05, 4.69) is 20.9 Å². The van der Waals surface area contributed by atoms with Crippen molar-refractivity contribution in [3.63, 3.8) is 0 Å². The number of urea groups is 1. The van der Waals surface area contributed by atoms with Gasteiger partial charge in [-0.25, -0.2) is 9.48 Å². The molecule has 3 amide bonds. The first-order valence-corrected chi connectivity index (χ1v) is 10.3. The van der Waals surface area contributed by atoms with Gasteiger partial charge >= 0.3 is 6.03 Å². The Morgan fingerprint density at radius 1 is 1.17 bits per heavy atom. The lowest BCUT2D eigenvalue weighted by Gasteiger charge is -2.15. The Balaban J connectivity index is 1.35. The van der Waals surface area contributed by atoms with Crippen molar-refractivity contribution in [1.29, 1.82) is 0 Å². The van der Waals surface area contributed by atoms with E-state index in [1.807, 2.05) is 24.0 Å². The van der Waals surface area contributed by atoms with Crippen LogP contribution < -0.4 is 10.6 Å². The Labute approximate surface area is 179 Å². The summed E-state index contributed by atoms with van der Waals surface area (Å²) in [7, 11) is 0. The fourth-order valence-corrected chi connectivity index (χ4v) is 3.73. The van der Waals surface area contributed by atoms with Crippen LogP contribution in [0, 0.1) is 6.92 Å². The molecule has 1 aromatic heterocycles. The van der Waals surface area contributed by atoms with Gasteiger partial charge in [-0.05, 0) is 55.7 Å². The van der Waals surface area contributed by atoms with Gasteiger partial charge in [-0.15, -0.1) is 5.10 Å². The lowest BCUT2D eigenvalue weighted by atomic mass is 10.1. The Morgan fingerprint density at radius 3 is 2.77 bits per heavy atom. The molecule has 8 nitrogen and oxygen atoms in total. The molecule has 4 rings (SSSR count). The van der Waals surface area contributed by atoms with Crippen molar-refractivity contribution in [3.8, 4) is 0 Å². The van der Waals surface area contributed by atoms with E-state index in [4.69, 9.17) is 11.6 Å². The van der Waals surface area contributed by atoms with Gasteiger partial charge in [0, 0.05) is 35.9 Å². The zero-order chi connectivity index (χ0) is 21.1. The number of likely N-dealkylation sites (tertiary alicyclic amines) is 1. The third-order valence-corrected chi connectivity index (χ3v) is 5.69. The highest BCUT2D eigenvalue weighted by Gasteiger charge is 2.20. The van der Waals surface area contributed by atoms with Crippen LogP contribution in [0.25, 0.3) is 11.0 Å². The van der Waals surface area contributed by atoms with E-state index in [1.54, 1.807) is 28.9 Å². The molecule has 0 unspecified atom stereocenters. The van der Waals surface area contributed by atoms with Gasteiger partial charge in [0.25, 0.3) is 5.91 Å². The number of amides is 3. The molecule has 0 atom stereocenters. The highest BCUT2D eigenvalue weighted by molar-refractivity contribution is 6.31. The predicted octanol–water partition coefficient (Wildman–Crippen LogP) is 3.45. The average molecular weight is 427 g/mol. The lowest BCUT2D eigenvalue weighted by Crippen LogP contribution is -2.31. The van der Waals surface area contributed by atoms with Crippen LogP contribution >= 0.6 is 11.6 Å². The number of halogens is 1. The molecule has 2 aromatic carbocycles. The van der Waals surface area contributed by atoms with E-state index in [9.17, 15) is 9.59 Å². The first-order chi connectivity index (χ1) is 14.5. The van der Waals surface area contributed by atoms with Gasteiger partial charge in [-0.2, -0.15) is 0 Å². The quantitative estimate of drug-likeness (QED) is 0.653. The maximum Gasteiger partial charge on any atom is 0.319 e. The molecule has 9 heteroatoms. The molecule has 1 aliphatic rings. The SMILES string of the molecule is Cc1c(Cl)cccc1NC(=O)NCCn1nnc2cc(C(=O)N3CCCC3)ccc21. The average Bonchev–Trinajstić information content (AvgIpc) is 3.41. The first-order valence-electron chi connectivity index (χ1n) is 9.95. The molecule has 0 aliphatic carbocycles. The minimum atomic E-state index is -0.316. The van der Waals surface area contributed by atoms with Crippen molar-refractivity contribution in [2.45, 2.75) is 26.3 Å². The summed E-state index contributed by atoms with van der Waals surface area (Å²) in [5, 5.41) is 14.5. The van der Waals surface area contributed by atoms with Gasteiger partial charge in [0.1, 0.15) is 5.52 Å². The molecule has 2 N–H and O–H groups in total. The third kappa shape index (κ3) is 4.23. The highest BCUT2D eigenvalue weighted by atomic mass is 35.5. The monoisotopic (exact) mass is 426 g/mol. The number of anilines is 1. The first kappa shape index (κ1) is 20.2. The maximum absolute atomic E-state index is 12.5. The molecule has 0 radical (unpaired) electrons. The van der Waals surface area contributed by atoms with E-state index in [1.165, 1.54) is 0 Å². The smallest absolute Gasteiger partial charge is 0.319 e. The molecule has 1 fully saturated rings. The molecule has 0 bridgehead atoms. The topological polar surface area (TPSA) is 92.1 Å². The lowest BCUT2D eigenvalue weighted by molar-refractivity contribution is 0.0793. The van der Waals surface area contributed by atoms with Gasteiger partial charge in [0.2, 0.25) is 0 Å². The second kappa shape index (κ2) is 8.71. The van der Waals surface area contributed by atoms with E-state index in [-0.39, 0.29) is 11.9 Å². The highest BCUT2D eigenvalue weighted by Crippen LogP contribution is 2.22. The van der Waals surface area contributed by atoms with Crippen molar-refractivity contribution < 1.29 is 9.59 Å². The van der Waals surface area contributed by atoms with Gasteiger partial charge in [-0.1, -0.05) is 22.9 Å². The van der Waals surface area contributed by atoms with Crippen molar-refractivity contribution in [3.05, 3.63) is 52.5 Å². The van der Waals surface area contributed by atoms with Crippen molar-refractivity contribution in [1.82, 2.24) is 25.2 Å². The van der Waals surface area contributed by atoms with Crippen LogP contribution in [0.15, 0.2) is 36.4 Å². The Morgan fingerprint density at radius 2 is 1.97 bits per heavy atom. The predicted molar refractivity (Wildman–Crippen MR) is 116 cm³/mol. The molecule has 3 aromatic rings. The van der Waals surface area contributed by atoms with Crippen molar-refractivity contribution in [2.75, 3.05) is 25.0 Å². The molecule has 1 saturated heterocycles. The largest absolute Gasteiger partial charge is 0.339 e. The van der Waals surface area contributed by atoms with Gasteiger partial charge in [0.05, 0.1) is 12.1 Å². The summed E-state index contributed by atoms with van der Waals surface area (Å²) in [4.78, 5) is 26.6. The van der Waals surface area contributed by atoms with Crippen LogP contribution in [0.1, 0.15) is 28.8 Å². The molecular weight excluding hydrogens is 404 g/mol. The molecule has 156 valence electrons. The van der Waals surface area contributed by atoms with Crippen LogP contribution in [-0.4, -0.2) is 51.5 Å². The van der Waals surface area contributed by atoms with Crippen LogP contribution in [0.4, 0.5) is 10.5 Å². The van der Waals surface area contributed by atoms with E-state index in [0.717, 1.165) is 37.0 Å². The number of hydrogen-bond donors (Lipinski definition) is 2. The number of hydrogen-bond acceptors (Lipinski definition) is 4. The Hall–Kier alpha value is -3.13. The normalized spacial score (nSPS) is 13.6. The molecule has 1 aliphatic heterocycles. The van der Waals surface area contributed by atoms with E-state index < -0.39 is 0 Å². The Bertz CT molecular complexity index is 1090. The van der Waals surface area contributed by atoms with Gasteiger partial charge in [-0.3, -0.25) is 4.79 Å². The third-order valence-electron chi connectivity index (χ3n) is 5.28.